The van der Waals surface area contributed by atoms with E-state index < -0.39 is 0 Å². The number of hydrogen-bond donors (Lipinski definition) is 0. The van der Waals surface area contributed by atoms with Gasteiger partial charge in [0.1, 0.15) is 13.2 Å². The number of esters is 2. The van der Waals surface area contributed by atoms with E-state index in [0.717, 1.165) is 13.1 Å². The summed E-state index contributed by atoms with van der Waals surface area (Å²) in [7, 11) is 0. The van der Waals surface area contributed by atoms with E-state index >= 15 is 0 Å². The molecule has 0 N–H and O–H groups in total. The average Bonchev–Trinajstić information content (AvgIpc) is 3.34. The fourth-order valence-corrected chi connectivity index (χ4v) is 6.43. The van der Waals surface area contributed by atoms with Gasteiger partial charge in [0, 0.05) is 53.8 Å². The largest absolute Gasteiger partial charge is 0.461 e. The number of fused-ring (bicyclic) bond motifs is 2. The summed E-state index contributed by atoms with van der Waals surface area (Å²) < 4.78 is 10.4. The van der Waals surface area contributed by atoms with Crippen LogP contribution in [0, 0.1) is 0 Å². The highest BCUT2D eigenvalue weighted by Gasteiger charge is 2.43. The molecule has 228 valence electrons. The van der Waals surface area contributed by atoms with Crippen molar-refractivity contribution < 1.29 is 19.1 Å². The molecule has 0 radical (unpaired) electrons. The van der Waals surface area contributed by atoms with Gasteiger partial charge in [-0.15, -0.1) is 0 Å². The van der Waals surface area contributed by atoms with Crippen LogP contribution in [-0.2, 0) is 29.9 Å². The number of carbonyl (C=O) groups excluding carboxylic acids is 2. The number of carbonyl (C=O) groups is 2. The second kappa shape index (κ2) is 13.9. The Morgan fingerprint density at radius 3 is 2.00 bits per heavy atom. The first-order valence-electron chi connectivity index (χ1n) is 15.3. The van der Waals surface area contributed by atoms with Crippen LogP contribution in [0.1, 0.15) is 64.5 Å². The molecule has 2 aromatic carbocycles. The summed E-state index contributed by atoms with van der Waals surface area (Å²) in [5.74, 6) is -0.394. The van der Waals surface area contributed by atoms with E-state index in [-0.39, 0.29) is 42.0 Å². The molecular weight excluding hydrogens is 536 g/mol. The summed E-state index contributed by atoms with van der Waals surface area (Å²) in [4.78, 5) is 29.1. The molecule has 0 aliphatic carbocycles. The highest BCUT2D eigenvalue weighted by atomic mass is 16.5. The highest BCUT2D eigenvalue weighted by Crippen LogP contribution is 2.48. The zero-order valence-corrected chi connectivity index (χ0v) is 26.2. The van der Waals surface area contributed by atoms with Crippen LogP contribution in [0.5, 0.6) is 0 Å². The highest BCUT2D eigenvalue weighted by molar-refractivity contribution is 5.72. The average molecular weight is 583 g/mol. The predicted molar refractivity (Wildman–Crippen MR) is 175 cm³/mol. The third-order valence-electron chi connectivity index (χ3n) is 8.60. The third-order valence-corrected chi connectivity index (χ3v) is 8.60. The molecule has 6 nitrogen and oxygen atoms in total. The number of allylic oxidation sites excluding steroid dienone is 3. The Morgan fingerprint density at radius 1 is 0.814 bits per heavy atom. The number of para-hydroxylation sites is 2. The van der Waals surface area contributed by atoms with Crippen molar-refractivity contribution in [2.75, 3.05) is 36.1 Å². The monoisotopic (exact) mass is 582 g/mol. The van der Waals surface area contributed by atoms with E-state index in [1.165, 1.54) is 28.2 Å². The first-order valence-corrected chi connectivity index (χ1v) is 15.3. The molecule has 0 fully saturated rings. The first-order chi connectivity index (χ1) is 20.6. The summed E-state index contributed by atoms with van der Waals surface area (Å²) in [5.41, 5.74) is 5.89. The number of hydrogen-bond acceptors (Lipinski definition) is 6. The van der Waals surface area contributed by atoms with Crippen LogP contribution in [0.2, 0.25) is 0 Å². The summed E-state index contributed by atoms with van der Waals surface area (Å²) in [5, 5.41) is 0. The summed E-state index contributed by atoms with van der Waals surface area (Å²) in [6, 6.07) is 17.2. The standard InChI is InChI=1S/C37H46N2O4/c1-7-26-42-34(40)22-14-24-38-30-18-11-9-16-28(30)36(3,4)32(38)20-13-21-33-37(5,6)29-17-10-12-19-31(29)39(33)25-15-23-35(41)43-27-8-2/h7-13,16-21,32H,1-2,14-15,22-27H2,3-6H3. The van der Waals surface area contributed by atoms with E-state index in [1.807, 2.05) is 0 Å². The third kappa shape index (κ3) is 6.96. The molecule has 0 bridgehead atoms. The van der Waals surface area contributed by atoms with Crippen LogP contribution in [0.4, 0.5) is 11.4 Å². The summed E-state index contributed by atoms with van der Waals surface area (Å²) in [6.45, 7) is 18.3. The molecule has 0 saturated carbocycles. The van der Waals surface area contributed by atoms with Gasteiger partial charge in [0.2, 0.25) is 0 Å². The lowest BCUT2D eigenvalue weighted by Crippen LogP contribution is -2.40. The van der Waals surface area contributed by atoms with Gasteiger partial charge >= 0.3 is 11.9 Å². The molecule has 0 amide bonds. The Kier molecular flexibility index (Phi) is 10.3. The molecule has 2 aliphatic rings. The second-order valence-corrected chi connectivity index (χ2v) is 12.3. The lowest BCUT2D eigenvalue weighted by atomic mass is 9.80. The predicted octanol–water partition coefficient (Wildman–Crippen LogP) is 7.41. The van der Waals surface area contributed by atoms with Crippen molar-refractivity contribution >= 4 is 23.3 Å². The fourth-order valence-electron chi connectivity index (χ4n) is 6.43. The van der Waals surface area contributed by atoms with Crippen molar-refractivity contribution in [3.63, 3.8) is 0 Å². The molecule has 43 heavy (non-hydrogen) atoms. The van der Waals surface area contributed by atoms with E-state index in [4.69, 9.17) is 9.47 Å². The Labute approximate surface area is 257 Å². The van der Waals surface area contributed by atoms with Gasteiger partial charge in [-0.1, -0.05) is 102 Å². The van der Waals surface area contributed by atoms with Gasteiger partial charge in [-0.25, -0.2) is 0 Å². The zero-order chi connectivity index (χ0) is 31.0. The maximum absolute atomic E-state index is 12.1. The van der Waals surface area contributed by atoms with Crippen molar-refractivity contribution in [3.05, 3.63) is 109 Å². The molecule has 1 atom stereocenters. The van der Waals surface area contributed by atoms with Gasteiger partial charge in [-0.3, -0.25) is 9.59 Å². The van der Waals surface area contributed by atoms with Crippen molar-refractivity contribution in [1.29, 1.82) is 0 Å². The van der Waals surface area contributed by atoms with Gasteiger partial charge in [-0.2, -0.15) is 0 Å². The van der Waals surface area contributed by atoms with Crippen LogP contribution >= 0.6 is 0 Å². The van der Waals surface area contributed by atoms with Gasteiger partial charge in [0.05, 0.1) is 6.04 Å². The maximum atomic E-state index is 12.1. The SMILES string of the molecule is C=CCOC(=O)CCCN1C(=CC=CC2N(CCCC(=O)OCC=C)c3ccccc3C2(C)C)C(C)(C)c2ccccc21. The normalized spacial score (nSPS) is 18.9. The van der Waals surface area contributed by atoms with Crippen LogP contribution in [0.3, 0.4) is 0 Å². The van der Waals surface area contributed by atoms with Crippen molar-refractivity contribution in [2.24, 2.45) is 0 Å². The van der Waals surface area contributed by atoms with E-state index in [0.29, 0.717) is 25.7 Å². The van der Waals surface area contributed by atoms with E-state index in [2.05, 4.69) is 117 Å². The van der Waals surface area contributed by atoms with Crippen molar-refractivity contribution in [2.45, 2.75) is 70.3 Å². The van der Waals surface area contributed by atoms with Gasteiger partial charge < -0.3 is 19.3 Å². The van der Waals surface area contributed by atoms with Crippen molar-refractivity contribution in [3.8, 4) is 0 Å². The molecule has 2 aliphatic heterocycles. The minimum Gasteiger partial charge on any atom is -0.461 e. The minimum absolute atomic E-state index is 0.116. The Bertz CT molecular complexity index is 1390. The molecule has 1 unspecified atom stereocenters. The van der Waals surface area contributed by atoms with E-state index in [9.17, 15) is 9.59 Å². The fraction of sp³-hybridized carbons (Fsp3) is 0.405. The molecular formula is C37H46N2O4. The summed E-state index contributed by atoms with van der Waals surface area (Å²) in [6.07, 6.45) is 12.0. The van der Waals surface area contributed by atoms with Crippen molar-refractivity contribution in [1.82, 2.24) is 0 Å². The Hall–Kier alpha value is -4.06. The quantitative estimate of drug-likeness (QED) is 0.171. The molecule has 4 rings (SSSR count). The second-order valence-electron chi connectivity index (χ2n) is 12.3. The maximum Gasteiger partial charge on any atom is 0.306 e. The lowest BCUT2D eigenvalue weighted by molar-refractivity contribution is -0.143. The zero-order valence-electron chi connectivity index (χ0n) is 26.2. The number of anilines is 2. The molecule has 0 spiro atoms. The molecule has 2 aromatic rings. The Morgan fingerprint density at radius 2 is 1.37 bits per heavy atom. The van der Waals surface area contributed by atoms with Crippen LogP contribution in [0.15, 0.2) is 97.8 Å². The van der Waals surface area contributed by atoms with Crippen LogP contribution < -0.4 is 9.80 Å². The van der Waals surface area contributed by atoms with Crippen LogP contribution in [-0.4, -0.2) is 44.3 Å². The molecule has 0 saturated heterocycles. The smallest absolute Gasteiger partial charge is 0.306 e. The number of rotatable bonds is 14. The molecule has 0 aromatic heterocycles. The summed E-state index contributed by atoms with van der Waals surface area (Å²) >= 11 is 0. The molecule has 2 heterocycles. The minimum atomic E-state index is -0.200. The van der Waals surface area contributed by atoms with E-state index in [1.54, 1.807) is 12.2 Å². The van der Waals surface area contributed by atoms with Gasteiger partial charge in [0.25, 0.3) is 0 Å². The number of benzene rings is 2. The number of ether oxygens (including phenoxy) is 2. The topological polar surface area (TPSA) is 59.1 Å². The molecule has 6 heteroatoms. The van der Waals surface area contributed by atoms with Gasteiger partial charge in [-0.05, 0) is 42.2 Å². The first kappa shape index (κ1) is 31.9. The van der Waals surface area contributed by atoms with Gasteiger partial charge in [0.15, 0.2) is 0 Å². The number of nitrogens with zero attached hydrogens (tertiary/aromatic N) is 2. The Balaban J connectivity index is 1.57. The van der Waals surface area contributed by atoms with Crippen LogP contribution in [0.25, 0.3) is 0 Å². The lowest BCUT2D eigenvalue weighted by Gasteiger charge is -2.32.